The molecular formula is C33H41F2N3O3. The number of carbonyl (C=O) groups is 2. The van der Waals surface area contributed by atoms with E-state index in [1.807, 2.05) is 49.9 Å². The van der Waals surface area contributed by atoms with Gasteiger partial charge in [-0.2, -0.15) is 0 Å². The van der Waals surface area contributed by atoms with Gasteiger partial charge in [-0.25, -0.2) is 8.78 Å². The maximum absolute atomic E-state index is 13.9. The lowest BCUT2D eigenvalue weighted by atomic mass is 10.0. The van der Waals surface area contributed by atoms with E-state index in [0.29, 0.717) is 49.3 Å². The minimum Gasteiger partial charge on any atom is -0.497 e. The average Bonchev–Trinajstić information content (AvgIpc) is 2.94. The van der Waals surface area contributed by atoms with Crippen LogP contribution in [-0.4, -0.2) is 49.5 Å². The Morgan fingerprint density at radius 1 is 0.902 bits per heavy atom. The molecule has 0 saturated carbocycles. The second kappa shape index (κ2) is 15.9. The van der Waals surface area contributed by atoms with Crippen LogP contribution in [0.5, 0.6) is 5.75 Å². The van der Waals surface area contributed by atoms with Gasteiger partial charge in [0.15, 0.2) is 0 Å². The molecule has 0 aliphatic carbocycles. The Labute approximate surface area is 242 Å². The quantitative estimate of drug-likeness (QED) is 0.220. The number of nitrogens with zero attached hydrogens (tertiary/aromatic N) is 1. The van der Waals surface area contributed by atoms with E-state index in [4.69, 9.17) is 4.74 Å². The number of amides is 2. The van der Waals surface area contributed by atoms with E-state index in [-0.39, 0.29) is 18.2 Å². The molecule has 0 aliphatic heterocycles. The highest BCUT2D eigenvalue weighted by molar-refractivity contribution is 6.00. The summed E-state index contributed by atoms with van der Waals surface area (Å²) >= 11 is 0. The van der Waals surface area contributed by atoms with Gasteiger partial charge >= 0.3 is 0 Å². The van der Waals surface area contributed by atoms with E-state index in [2.05, 4.69) is 10.6 Å². The van der Waals surface area contributed by atoms with Crippen molar-refractivity contribution in [2.24, 2.45) is 0 Å². The van der Waals surface area contributed by atoms with Gasteiger partial charge in [-0.15, -0.1) is 0 Å². The highest BCUT2D eigenvalue weighted by Crippen LogP contribution is 2.16. The fourth-order valence-electron chi connectivity index (χ4n) is 4.87. The Balaban J connectivity index is 1.75. The fraction of sp³-hybridized carbons (Fsp3) is 0.394. The molecule has 0 spiro atoms. The summed E-state index contributed by atoms with van der Waals surface area (Å²) in [5.74, 6) is -0.987. The lowest BCUT2D eigenvalue weighted by Gasteiger charge is -2.23. The van der Waals surface area contributed by atoms with Gasteiger partial charge in [-0.1, -0.05) is 26.0 Å². The molecule has 3 aromatic carbocycles. The van der Waals surface area contributed by atoms with Gasteiger partial charge in [0.25, 0.3) is 11.8 Å². The average molecular weight is 566 g/mol. The molecule has 220 valence electrons. The van der Waals surface area contributed by atoms with Crippen LogP contribution >= 0.6 is 0 Å². The number of methoxy groups -OCH3 is 1. The SMILES string of the molecule is CCCN(CCC)C(=O)c1cc(C)cc(C(=O)N[C@H](CCNCc2cccc(OC)c2)Cc2cc(F)cc(F)c2)c1. The van der Waals surface area contributed by atoms with Gasteiger partial charge in [0.05, 0.1) is 7.11 Å². The zero-order valence-electron chi connectivity index (χ0n) is 24.4. The third-order valence-electron chi connectivity index (χ3n) is 6.73. The van der Waals surface area contributed by atoms with Crippen LogP contribution in [-0.2, 0) is 13.0 Å². The number of hydrogen-bond acceptors (Lipinski definition) is 4. The summed E-state index contributed by atoms with van der Waals surface area (Å²) in [7, 11) is 1.62. The van der Waals surface area contributed by atoms with E-state index in [1.165, 1.54) is 12.1 Å². The molecule has 41 heavy (non-hydrogen) atoms. The summed E-state index contributed by atoms with van der Waals surface area (Å²) in [5, 5.41) is 6.41. The third kappa shape index (κ3) is 9.97. The Kier molecular flexibility index (Phi) is 12.3. The minimum atomic E-state index is -0.660. The molecule has 6 nitrogen and oxygen atoms in total. The van der Waals surface area contributed by atoms with Gasteiger partial charge in [0.2, 0.25) is 0 Å². The molecule has 0 fully saturated rings. The van der Waals surface area contributed by atoms with Crippen molar-refractivity contribution in [3.05, 3.63) is 100 Å². The van der Waals surface area contributed by atoms with Gasteiger partial charge in [0, 0.05) is 42.9 Å². The first kappa shape index (κ1) is 31.7. The lowest BCUT2D eigenvalue weighted by Crippen LogP contribution is -2.39. The van der Waals surface area contributed by atoms with Crippen molar-refractivity contribution >= 4 is 11.8 Å². The standard InChI is InChI=1S/C33H41F2N3O3/c1-5-12-38(13-6-2)33(40)27-15-23(3)14-26(20-27)32(39)37-30(18-25-16-28(34)21-29(35)17-25)10-11-36-22-24-8-7-9-31(19-24)41-4/h7-9,14-17,19-21,30,36H,5-6,10-13,18,22H2,1-4H3,(H,37,39)/t30-/m1/s1. The largest absolute Gasteiger partial charge is 0.497 e. The van der Waals surface area contributed by atoms with Gasteiger partial charge in [0.1, 0.15) is 17.4 Å². The zero-order valence-corrected chi connectivity index (χ0v) is 24.4. The maximum Gasteiger partial charge on any atom is 0.253 e. The molecule has 0 unspecified atom stereocenters. The van der Waals surface area contributed by atoms with Crippen LogP contribution in [0.25, 0.3) is 0 Å². The molecule has 0 bridgehead atoms. The number of aryl methyl sites for hydroxylation is 1. The molecule has 0 radical (unpaired) electrons. The van der Waals surface area contributed by atoms with E-state index in [9.17, 15) is 18.4 Å². The smallest absolute Gasteiger partial charge is 0.253 e. The van der Waals surface area contributed by atoms with Crippen LogP contribution in [0.1, 0.15) is 70.5 Å². The molecule has 0 saturated heterocycles. The van der Waals surface area contributed by atoms with Gasteiger partial charge < -0.3 is 20.3 Å². The van der Waals surface area contributed by atoms with E-state index in [1.54, 1.807) is 25.3 Å². The normalized spacial score (nSPS) is 11.7. The van der Waals surface area contributed by atoms with Crippen LogP contribution in [0.4, 0.5) is 8.78 Å². The van der Waals surface area contributed by atoms with E-state index >= 15 is 0 Å². The van der Waals surface area contributed by atoms with Crippen molar-refractivity contribution in [3.63, 3.8) is 0 Å². The molecule has 2 N–H and O–H groups in total. The van der Waals surface area contributed by atoms with Crippen molar-refractivity contribution in [1.82, 2.24) is 15.5 Å². The molecule has 0 heterocycles. The first-order valence-electron chi connectivity index (χ1n) is 14.2. The molecule has 8 heteroatoms. The van der Waals surface area contributed by atoms with Crippen LogP contribution in [0.15, 0.2) is 60.7 Å². The number of rotatable bonds is 15. The van der Waals surface area contributed by atoms with E-state index in [0.717, 1.165) is 35.8 Å². The van der Waals surface area contributed by atoms with Crippen molar-refractivity contribution in [2.45, 2.75) is 59.0 Å². The molecule has 2 amide bonds. The number of nitrogens with one attached hydrogen (secondary N) is 2. The molecule has 3 aromatic rings. The third-order valence-corrected chi connectivity index (χ3v) is 6.73. The van der Waals surface area contributed by atoms with Crippen molar-refractivity contribution in [1.29, 1.82) is 0 Å². The first-order valence-corrected chi connectivity index (χ1v) is 14.2. The van der Waals surface area contributed by atoms with Crippen LogP contribution < -0.4 is 15.4 Å². The zero-order chi connectivity index (χ0) is 29.8. The predicted molar refractivity (Wildman–Crippen MR) is 158 cm³/mol. The topological polar surface area (TPSA) is 70.7 Å². The number of hydrogen-bond donors (Lipinski definition) is 2. The molecule has 1 atom stereocenters. The summed E-state index contributed by atoms with van der Waals surface area (Å²) in [6, 6.07) is 15.9. The fourth-order valence-corrected chi connectivity index (χ4v) is 4.87. The van der Waals surface area contributed by atoms with E-state index < -0.39 is 17.7 Å². The summed E-state index contributed by atoms with van der Waals surface area (Å²) in [4.78, 5) is 28.5. The van der Waals surface area contributed by atoms with Crippen LogP contribution in [0.2, 0.25) is 0 Å². The van der Waals surface area contributed by atoms with Crippen molar-refractivity contribution in [3.8, 4) is 5.75 Å². The summed E-state index contributed by atoms with van der Waals surface area (Å²) < 4.78 is 33.1. The van der Waals surface area contributed by atoms with Gasteiger partial charge in [-0.05, 0) is 98.3 Å². The maximum atomic E-state index is 13.9. The summed E-state index contributed by atoms with van der Waals surface area (Å²) in [6.45, 7) is 8.37. The monoisotopic (exact) mass is 565 g/mol. The predicted octanol–water partition coefficient (Wildman–Crippen LogP) is 6.07. The number of ether oxygens (including phenoxy) is 1. The highest BCUT2D eigenvalue weighted by Gasteiger charge is 2.20. The van der Waals surface area contributed by atoms with Crippen LogP contribution in [0, 0.1) is 18.6 Å². The highest BCUT2D eigenvalue weighted by atomic mass is 19.1. The minimum absolute atomic E-state index is 0.0972. The van der Waals surface area contributed by atoms with Crippen molar-refractivity contribution in [2.75, 3.05) is 26.7 Å². The molecular weight excluding hydrogens is 524 g/mol. The summed E-state index contributed by atoms with van der Waals surface area (Å²) in [5.41, 5.74) is 3.16. The second-order valence-electron chi connectivity index (χ2n) is 10.3. The van der Waals surface area contributed by atoms with Crippen molar-refractivity contribution < 1.29 is 23.1 Å². The molecule has 0 aromatic heterocycles. The second-order valence-corrected chi connectivity index (χ2v) is 10.3. The van der Waals surface area contributed by atoms with Gasteiger partial charge in [-0.3, -0.25) is 9.59 Å². The Morgan fingerprint density at radius 3 is 2.24 bits per heavy atom. The summed E-state index contributed by atoms with van der Waals surface area (Å²) in [6.07, 6.45) is 2.46. The Hall–Kier alpha value is -3.78. The Bertz CT molecular complexity index is 1290. The molecule has 0 aliphatic rings. The lowest BCUT2D eigenvalue weighted by molar-refractivity contribution is 0.0755. The number of benzene rings is 3. The number of halogens is 2. The van der Waals surface area contributed by atoms with Crippen LogP contribution in [0.3, 0.4) is 0 Å². The first-order chi connectivity index (χ1) is 19.7. The molecule has 3 rings (SSSR count). The number of carbonyl (C=O) groups excluding carboxylic acids is 2. The Morgan fingerprint density at radius 2 is 1.59 bits per heavy atom.